The maximum atomic E-state index is 14.1. The fourth-order valence-corrected chi connectivity index (χ4v) is 5.35. The standard InChI is InChI=1S/C27H34F3NO3/c1-26(2,3)20-7-9-21(10-8-20)34-23-12-6-18-13-17(5-11-22(18)24(23)27(28,29)30)14-31-15-19(16-31)25(32)33-4/h5-6,11-13,19-21H,7-10,14-16H2,1-4H3. The first-order valence-corrected chi connectivity index (χ1v) is 12.1. The molecule has 7 heteroatoms. The highest BCUT2D eigenvalue weighted by Crippen LogP contribution is 2.44. The van der Waals surface area contributed by atoms with E-state index < -0.39 is 11.7 Å². The number of methoxy groups -OCH3 is 1. The van der Waals surface area contributed by atoms with Crippen molar-refractivity contribution in [1.82, 2.24) is 4.90 Å². The van der Waals surface area contributed by atoms with Gasteiger partial charge in [-0.15, -0.1) is 0 Å². The number of rotatable bonds is 5. The molecule has 0 radical (unpaired) electrons. The number of alkyl halides is 3. The third-order valence-corrected chi connectivity index (χ3v) is 7.42. The maximum absolute atomic E-state index is 14.1. The van der Waals surface area contributed by atoms with Gasteiger partial charge < -0.3 is 9.47 Å². The van der Waals surface area contributed by atoms with Crippen LogP contribution in [0.2, 0.25) is 0 Å². The van der Waals surface area contributed by atoms with Gasteiger partial charge in [0.15, 0.2) is 0 Å². The number of fused-ring (bicyclic) bond motifs is 1. The molecule has 0 aromatic heterocycles. The number of ether oxygens (including phenoxy) is 2. The van der Waals surface area contributed by atoms with Crippen molar-refractivity contribution in [2.75, 3.05) is 20.2 Å². The molecule has 4 rings (SSSR count). The van der Waals surface area contributed by atoms with Crippen LogP contribution in [0.1, 0.15) is 57.6 Å². The van der Waals surface area contributed by atoms with Crippen LogP contribution in [0, 0.1) is 17.3 Å². The van der Waals surface area contributed by atoms with Crippen molar-refractivity contribution in [3.63, 3.8) is 0 Å². The van der Waals surface area contributed by atoms with Crippen LogP contribution in [0.5, 0.6) is 5.75 Å². The van der Waals surface area contributed by atoms with Crippen molar-refractivity contribution in [3.8, 4) is 5.75 Å². The molecule has 186 valence electrons. The first-order chi connectivity index (χ1) is 16.0. The van der Waals surface area contributed by atoms with E-state index in [0.717, 1.165) is 31.2 Å². The quantitative estimate of drug-likeness (QED) is 0.464. The molecular weight excluding hydrogens is 443 g/mol. The number of likely N-dealkylation sites (tertiary alicyclic amines) is 1. The highest BCUT2D eigenvalue weighted by Gasteiger charge is 2.38. The largest absolute Gasteiger partial charge is 0.490 e. The summed E-state index contributed by atoms with van der Waals surface area (Å²) in [6.07, 6.45) is -1.20. The highest BCUT2D eigenvalue weighted by atomic mass is 19.4. The normalized spacial score (nSPS) is 22.4. The van der Waals surface area contributed by atoms with Gasteiger partial charge in [-0.3, -0.25) is 9.69 Å². The lowest BCUT2D eigenvalue weighted by Crippen LogP contribution is -2.49. The first-order valence-electron chi connectivity index (χ1n) is 12.1. The lowest BCUT2D eigenvalue weighted by Gasteiger charge is -2.37. The molecule has 1 saturated carbocycles. The summed E-state index contributed by atoms with van der Waals surface area (Å²) in [7, 11) is 1.38. The van der Waals surface area contributed by atoms with Crippen LogP contribution in [0.3, 0.4) is 0 Å². The molecule has 0 atom stereocenters. The van der Waals surface area contributed by atoms with Gasteiger partial charge in [0, 0.05) is 19.6 Å². The molecule has 0 spiro atoms. The zero-order valence-electron chi connectivity index (χ0n) is 20.4. The van der Waals surface area contributed by atoms with Crippen molar-refractivity contribution < 1.29 is 27.4 Å². The van der Waals surface area contributed by atoms with Gasteiger partial charge in [0.05, 0.1) is 19.1 Å². The van der Waals surface area contributed by atoms with Gasteiger partial charge in [0.2, 0.25) is 0 Å². The fourth-order valence-electron chi connectivity index (χ4n) is 5.35. The van der Waals surface area contributed by atoms with E-state index in [1.54, 1.807) is 24.3 Å². The fraction of sp³-hybridized carbons (Fsp3) is 0.593. The van der Waals surface area contributed by atoms with E-state index >= 15 is 0 Å². The molecule has 2 aromatic rings. The van der Waals surface area contributed by atoms with Gasteiger partial charge in [-0.05, 0) is 65.5 Å². The van der Waals surface area contributed by atoms with Gasteiger partial charge >= 0.3 is 12.1 Å². The lowest BCUT2D eigenvalue weighted by atomic mass is 9.72. The van der Waals surface area contributed by atoms with Crippen LogP contribution in [-0.2, 0) is 22.3 Å². The van der Waals surface area contributed by atoms with E-state index in [0.29, 0.717) is 30.9 Å². The second-order valence-corrected chi connectivity index (χ2v) is 10.9. The van der Waals surface area contributed by atoms with Crippen LogP contribution in [0.15, 0.2) is 30.3 Å². The summed E-state index contributed by atoms with van der Waals surface area (Å²) >= 11 is 0. The number of carbonyl (C=O) groups is 1. The summed E-state index contributed by atoms with van der Waals surface area (Å²) < 4.78 is 53.2. The van der Waals surface area contributed by atoms with E-state index in [-0.39, 0.29) is 34.5 Å². The van der Waals surface area contributed by atoms with E-state index in [2.05, 4.69) is 25.7 Å². The first kappa shape index (κ1) is 24.8. The van der Waals surface area contributed by atoms with Gasteiger partial charge in [-0.2, -0.15) is 13.2 Å². The van der Waals surface area contributed by atoms with Crippen LogP contribution < -0.4 is 4.74 Å². The van der Waals surface area contributed by atoms with Crippen molar-refractivity contribution in [2.24, 2.45) is 17.3 Å². The zero-order chi connectivity index (χ0) is 24.7. The molecule has 1 saturated heterocycles. The molecule has 0 bridgehead atoms. The average molecular weight is 478 g/mol. The van der Waals surface area contributed by atoms with Crippen molar-refractivity contribution >= 4 is 16.7 Å². The Hall–Kier alpha value is -2.28. The molecule has 0 amide bonds. The zero-order valence-corrected chi connectivity index (χ0v) is 20.4. The van der Waals surface area contributed by atoms with Crippen molar-refractivity contribution in [1.29, 1.82) is 0 Å². The SMILES string of the molecule is COC(=O)C1CN(Cc2ccc3c(C(F)(F)F)c(OC4CCC(C(C)(C)C)CC4)ccc3c2)C1. The van der Waals surface area contributed by atoms with Crippen molar-refractivity contribution in [3.05, 3.63) is 41.5 Å². The number of hydrogen-bond acceptors (Lipinski definition) is 4. The number of halogens is 3. The summed E-state index contributed by atoms with van der Waals surface area (Å²) in [5.41, 5.74) is 0.432. The minimum absolute atomic E-state index is 0.0735. The minimum atomic E-state index is -4.51. The monoisotopic (exact) mass is 477 g/mol. The number of hydrogen-bond donors (Lipinski definition) is 0. The Morgan fingerprint density at radius 3 is 2.29 bits per heavy atom. The molecule has 0 N–H and O–H groups in total. The van der Waals surface area contributed by atoms with Crippen LogP contribution in [0.4, 0.5) is 13.2 Å². The Morgan fingerprint density at radius 2 is 1.71 bits per heavy atom. The summed E-state index contributed by atoms with van der Waals surface area (Å²) in [5, 5.41) is 0.701. The Morgan fingerprint density at radius 1 is 1.03 bits per heavy atom. The van der Waals surface area contributed by atoms with Crippen LogP contribution in [-0.4, -0.2) is 37.2 Å². The Bertz CT molecular complexity index is 1030. The molecule has 4 nitrogen and oxygen atoms in total. The number of benzene rings is 2. The summed E-state index contributed by atoms with van der Waals surface area (Å²) in [6.45, 7) is 8.44. The maximum Gasteiger partial charge on any atom is 0.420 e. The predicted molar refractivity (Wildman–Crippen MR) is 126 cm³/mol. The minimum Gasteiger partial charge on any atom is -0.490 e. The number of esters is 1. The lowest BCUT2D eigenvalue weighted by molar-refractivity contribution is -0.151. The predicted octanol–water partition coefficient (Wildman–Crippen LogP) is 6.45. The third-order valence-electron chi connectivity index (χ3n) is 7.42. The van der Waals surface area contributed by atoms with Gasteiger partial charge in [-0.1, -0.05) is 39.0 Å². The Balaban J connectivity index is 1.50. The molecular formula is C27H34F3NO3. The molecule has 0 unspecified atom stereocenters. The molecule has 1 heterocycles. The number of carbonyl (C=O) groups excluding carboxylic acids is 1. The van der Waals surface area contributed by atoms with Crippen LogP contribution in [0.25, 0.3) is 10.8 Å². The summed E-state index contributed by atoms with van der Waals surface area (Å²) in [4.78, 5) is 13.6. The van der Waals surface area contributed by atoms with Crippen LogP contribution >= 0.6 is 0 Å². The second kappa shape index (κ2) is 9.40. The van der Waals surface area contributed by atoms with Gasteiger partial charge in [-0.25, -0.2) is 0 Å². The Labute approximate surface area is 199 Å². The molecule has 1 aliphatic carbocycles. The molecule has 34 heavy (non-hydrogen) atoms. The van der Waals surface area contributed by atoms with Crippen molar-refractivity contribution in [2.45, 2.75) is 65.3 Å². The Kier molecular flexibility index (Phi) is 6.87. The topological polar surface area (TPSA) is 38.8 Å². The molecule has 2 aliphatic rings. The molecule has 2 aromatic carbocycles. The summed E-state index contributed by atoms with van der Waals surface area (Å²) in [5.74, 6) is 0.152. The molecule has 2 fully saturated rings. The average Bonchev–Trinajstić information content (AvgIpc) is 2.74. The molecule has 1 aliphatic heterocycles. The smallest absolute Gasteiger partial charge is 0.420 e. The summed E-state index contributed by atoms with van der Waals surface area (Å²) in [6, 6.07) is 8.28. The highest BCUT2D eigenvalue weighted by molar-refractivity contribution is 5.89. The van der Waals surface area contributed by atoms with Gasteiger partial charge in [0.25, 0.3) is 0 Å². The van der Waals surface area contributed by atoms with E-state index in [4.69, 9.17) is 9.47 Å². The second-order valence-electron chi connectivity index (χ2n) is 10.9. The third kappa shape index (κ3) is 5.35. The number of nitrogens with zero attached hydrogens (tertiary/aromatic N) is 1. The van der Waals surface area contributed by atoms with E-state index in [9.17, 15) is 18.0 Å². The van der Waals surface area contributed by atoms with E-state index in [1.807, 2.05) is 0 Å². The van der Waals surface area contributed by atoms with Gasteiger partial charge in [0.1, 0.15) is 11.3 Å². The van der Waals surface area contributed by atoms with E-state index in [1.165, 1.54) is 13.2 Å².